The average molecular weight is 229 g/mol. The number of nitrogens with zero attached hydrogens (tertiary/aromatic N) is 1. The van der Waals surface area contributed by atoms with E-state index in [9.17, 15) is 0 Å². The minimum atomic E-state index is 0.694. The van der Waals surface area contributed by atoms with Gasteiger partial charge in [0.1, 0.15) is 0 Å². The first-order valence-corrected chi connectivity index (χ1v) is 6.26. The van der Waals surface area contributed by atoms with Crippen molar-refractivity contribution in [3.8, 4) is 0 Å². The lowest BCUT2D eigenvalue weighted by molar-refractivity contribution is 0.661. The van der Waals surface area contributed by atoms with Crippen molar-refractivity contribution < 1.29 is 0 Å². The number of hydrogen-bond donors (Lipinski definition) is 0. The van der Waals surface area contributed by atoms with Gasteiger partial charge in [-0.15, -0.1) is 0 Å². The molecule has 0 aliphatic carbocycles. The van der Waals surface area contributed by atoms with Gasteiger partial charge in [0.2, 0.25) is 0 Å². The zero-order valence-electron chi connectivity index (χ0n) is 11.4. The van der Waals surface area contributed by atoms with Crippen molar-refractivity contribution >= 4 is 5.69 Å². The molecule has 1 aromatic rings. The van der Waals surface area contributed by atoms with Gasteiger partial charge in [-0.2, -0.15) is 0 Å². The lowest BCUT2D eigenvalue weighted by Crippen LogP contribution is -2.15. The molecule has 0 aliphatic rings. The maximum absolute atomic E-state index is 2.30. The summed E-state index contributed by atoms with van der Waals surface area (Å²) in [6.45, 7) is 6.54. The van der Waals surface area contributed by atoms with E-state index in [2.05, 4.69) is 75.2 Å². The summed E-state index contributed by atoms with van der Waals surface area (Å²) in [7, 11) is 2.11. The fourth-order valence-electron chi connectivity index (χ4n) is 1.64. The molecule has 0 radical (unpaired) electrons. The summed E-state index contributed by atoms with van der Waals surface area (Å²) in [5.41, 5.74) is 2.48. The molecule has 1 rings (SSSR count). The van der Waals surface area contributed by atoms with Crippen molar-refractivity contribution in [3.05, 3.63) is 54.3 Å². The van der Waals surface area contributed by atoms with Crippen molar-refractivity contribution in [1.82, 2.24) is 0 Å². The van der Waals surface area contributed by atoms with Crippen LogP contribution in [0.1, 0.15) is 27.2 Å². The third-order valence-corrected chi connectivity index (χ3v) is 2.67. The number of para-hydroxylation sites is 1. The van der Waals surface area contributed by atoms with Gasteiger partial charge in [0.05, 0.1) is 0 Å². The van der Waals surface area contributed by atoms with Crippen molar-refractivity contribution in [2.75, 3.05) is 11.9 Å². The van der Waals surface area contributed by atoms with Crippen LogP contribution >= 0.6 is 0 Å². The van der Waals surface area contributed by atoms with Crippen LogP contribution in [-0.4, -0.2) is 7.05 Å². The van der Waals surface area contributed by atoms with Crippen LogP contribution in [0.4, 0.5) is 5.69 Å². The zero-order chi connectivity index (χ0) is 12.7. The van der Waals surface area contributed by atoms with Crippen LogP contribution in [-0.2, 0) is 0 Å². The SMILES string of the molecule is C/C=C\C(=C/CC(C)C)N(C)c1ccccc1. The molecule has 0 aromatic heterocycles. The Labute approximate surface area is 105 Å². The molecule has 0 unspecified atom stereocenters. The molecule has 92 valence electrons. The van der Waals surface area contributed by atoms with Crippen LogP contribution in [0.25, 0.3) is 0 Å². The number of likely N-dealkylation sites (N-methyl/N-ethyl adjacent to an activating group) is 1. The van der Waals surface area contributed by atoms with E-state index >= 15 is 0 Å². The van der Waals surface area contributed by atoms with Gasteiger partial charge < -0.3 is 4.90 Å². The Bertz CT molecular complexity index is 374. The van der Waals surface area contributed by atoms with E-state index in [1.54, 1.807) is 0 Å². The highest BCUT2D eigenvalue weighted by Gasteiger charge is 2.03. The first-order chi connectivity index (χ1) is 8.15. The highest BCUT2D eigenvalue weighted by atomic mass is 15.1. The Morgan fingerprint density at radius 3 is 2.41 bits per heavy atom. The summed E-state index contributed by atoms with van der Waals surface area (Å²) in [6.07, 6.45) is 7.66. The Kier molecular flexibility index (Phi) is 5.55. The Morgan fingerprint density at radius 1 is 1.24 bits per heavy atom. The monoisotopic (exact) mass is 229 g/mol. The van der Waals surface area contributed by atoms with Crippen LogP contribution in [0.15, 0.2) is 54.3 Å². The molecular weight excluding hydrogens is 206 g/mol. The minimum absolute atomic E-state index is 0.694. The number of allylic oxidation sites excluding steroid dienone is 3. The van der Waals surface area contributed by atoms with Crippen LogP contribution in [0.3, 0.4) is 0 Å². The van der Waals surface area contributed by atoms with Crippen molar-refractivity contribution in [2.45, 2.75) is 27.2 Å². The van der Waals surface area contributed by atoms with Gasteiger partial charge in [-0.05, 0) is 37.5 Å². The maximum Gasteiger partial charge on any atom is 0.0407 e. The summed E-state index contributed by atoms with van der Waals surface area (Å²) in [5, 5.41) is 0. The fraction of sp³-hybridized carbons (Fsp3) is 0.375. The molecule has 1 nitrogen and oxygen atoms in total. The van der Waals surface area contributed by atoms with Gasteiger partial charge in [0, 0.05) is 18.4 Å². The van der Waals surface area contributed by atoms with E-state index in [-0.39, 0.29) is 0 Å². The van der Waals surface area contributed by atoms with Crippen molar-refractivity contribution in [3.63, 3.8) is 0 Å². The second-order valence-corrected chi connectivity index (χ2v) is 4.65. The van der Waals surface area contributed by atoms with Crippen LogP contribution in [0.2, 0.25) is 0 Å². The maximum atomic E-state index is 2.30. The normalized spacial score (nSPS) is 12.4. The van der Waals surface area contributed by atoms with Gasteiger partial charge >= 0.3 is 0 Å². The molecule has 1 aromatic carbocycles. The largest absolute Gasteiger partial charge is 0.345 e. The standard InChI is InChI=1S/C16H23N/c1-5-9-15(13-12-14(2)3)17(4)16-10-7-6-8-11-16/h5-11,13-14H,12H2,1-4H3/b9-5-,15-13+. The smallest absolute Gasteiger partial charge is 0.0407 e. The predicted molar refractivity (Wildman–Crippen MR) is 77.2 cm³/mol. The fourth-order valence-corrected chi connectivity index (χ4v) is 1.64. The number of rotatable bonds is 5. The van der Waals surface area contributed by atoms with E-state index in [0.717, 1.165) is 6.42 Å². The van der Waals surface area contributed by atoms with Gasteiger partial charge in [-0.1, -0.05) is 44.2 Å². The highest BCUT2D eigenvalue weighted by molar-refractivity contribution is 5.53. The Balaban J connectivity index is 2.88. The topological polar surface area (TPSA) is 3.24 Å². The van der Waals surface area contributed by atoms with E-state index in [1.165, 1.54) is 11.4 Å². The summed E-state index contributed by atoms with van der Waals surface area (Å²) >= 11 is 0. The molecule has 0 aliphatic heterocycles. The van der Waals surface area contributed by atoms with E-state index in [1.807, 2.05) is 6.07 Å². The number of anilines is 1. The molecule has 0 N–H and O–H groups in total. The first kappa shape index (κ1) is 13.6. The lowest BCUT2D eigenvalue weighted by atomic mass is 10.1. The van der Waals surface area contributed by atoms with Crippen LogP contribution in [0.5, 0.6) is 0 Å². The summed E-state index contributed by atoms with van der Waals surface area (Å²) in [6, 6.07) is 10.5. The van der Waals surface area contributed by atoms with Gasteiger partial charge in [0.25, 0.3) is 0 Å². The van der Waals surface area contributed by atoms with Crippen molar-refractivity contribution in [1.29, 1.82) is 0 Å². The van der Waals surface area contributed by atoms with Crippen LogP contribution < -0.4 is 4.90 Å². The highest BCUT2D eigenvalue weighted by Crippen LogP contribution is 2.18. The lowest BCUT2D eigenvalue weighted by Gasteiger charge is -2.21. The molecule has 1 heteroatoms. The Morgan fingerprint density at radius 2 is 1.88 bits per heavy atom. The third-order valence-electron chi connectivity index (χ3n) is 2.67. The second-order valence-electron chi connectivity index (χ2n) is 4.65. The van der Waals surface area contributed by atoms with Gasteiger partial charge in [0.15, 0.2) is 0 Å². The predicted octanol–water partition coefficient (Wildman–Crippen LogP) is 4.63. The molecule has 0 heterocycles. The number of hydrogen-bond acceptors (Lipinski definition) is 1. The molecule has 0 atom stereocenters. The van der Waals surface area contributed by atoms with Gasteiger partial charge in [-0.3, -0.25) is 0 Å². The van der Waals surface area contributed by atoms with Crippen LogP contribution in [0, 0.1) is 5.92 Å². The molecule has 0 saturated heterocycles. The Hall–Kier alpha value is -1.50. The third kappa shape index (κ3) is 4.48. The summed E-state index contributed by atoms with van der Waals surface area (Å²) in [5.74, 6) is 0.694. The zero-order valence-corrected chi connectivity index (χ0v) is 11.4. The molecule has 0 fully saturated rings. The molecular formula is C16H23N. The molecule has 0 saturated carbocycles. The molecule has 0 spiro atoms. The summed E-state index contributed by atoms with van der Waals surface area (Å²) in [4.78, 5) is 2.22. The molecule has 17 heavy (non-hydrogen) atoms. The van der Waals surface area contributed by atoms with E-state index < -0.39 is 0 Å². The quantitative estimate of drug-likeness (QED) is 0.665. The number of benzene rings is 1. The average Bonchev–Trinajstić information content (AvgIpc) is 2.34. The molecule has 0 amide bonds. The summed E-state index contributed by atoms with van der Waals surface area (Å²) < 4.78 is 0. The molecule has 0 bridgehead atoms. The minimum Gasteiger partial charge on any atom is -0.345 e. The second kappa shape index (κ2) is 6.95. The first-order valence-electron chi connectivity index (χ1n) is 6.26. The van der Waals surface area contributed by atoms with E-state index in [4.69, 9.17) is 0 Å². The van der Waals surface area contributed by atoms with Gasteiger partial charge in [-0.25, -0.2) is 0 Å². The van der Waals surface area contributed by atoms with E-state index in [0.29, 0.717) is 5.92 Å². The van der Waals surface area contributed by atoms with Crippen molar-refractivity contribution in [2.24, 2.45) is 5.92 Å².